The fourth-order valence-electron chi connectivity index (χ4n) is 2.61. The van der Waals surface area contributed by atoms with Crippen molar-refractivity contribution in [1.82, 2.24) is 13.5 Å². The Bertz CT molecular complexity index is 1120. The maximum atomic E-state index is 12.5. The van der Waals surface area contributed by atoms with Gasteiger partial charge in [-0.05, 0) is 50.5 Å². The zero-order chi connectivity index (χ0) is 18.5. The van der Waals surface area contributed by atoms with Gasteiger partial charge in [-0.2, -0.15) is 4.37 Å². The largest absolute Gasteiger partial charge is 0.369 e. The molecule has 0 aliphatic heterocycles. The van der Waals surface area contributed by atoms with Crippen LogP contribution in [-0.2, 0) is 17.3 Å². The molecular weight excluding hydrogens is 340 g/mol. The van der Waals surface area contributed by atoms with Gasteiger partial charge in [-0.3, -0.25) is 9.59 Å². The van der Waals surface area contributed by atoms with Crippen molar-refractivity contribution in [2.45, 2.75) is 26.2 Å². The number of benzene rings is 1. The van der Waals surface area contributed by atoms with E-state index in [0.29, 0.717) is 22.5 Å². The first-order valence-corrected chi connectivity index (χ1v) is 8.42. The molecule has 2 aromatic heterocycles. The molecule has 0 spiro atoms. The Labute approximate surface area is 147 Å². The smallest absolute Gasteiger partial charge is 0.335 e. The molecule has 7 nitrogen and oxygen atoms in total. The van der Waals surface area contributed by atoms with E-state index in [9.17, 15) is 14.4 Å². The van der Waals surface area contributed by atoms with Gasteiger partial charge in [0.25, 0.3) is 5.56 Å². The van der Waals surface area contributed by atoms with E-state index in [4.69, 9.17) is 5.73 Å². The van der Waals surface area contributed by atoms with Crippen molar-refractivity contribution in [3.8, 4) is 5.69 Å². The highest BCUT2D eigenvalue weighted by Gasteiger charge is 2.32. The average molecular weight is 358 g/mol. The van der Waals surface area contributed by atoms with E-state index in [-0.39, 0.29) is 0 Å². The second-order valence-electron chi connectivity index (χ2n) is 6.50. The molecule has 1 aromatic carbocycles. The van der Waals surface area contributed by atoms with Crippen LogP contribution in [0.3, 0.4) is 0 Å². The molecule has 0 saturated heterocycles. The summed E-state index contributed by atoms with van der Waals surface area (Å²) in [5.74, 6) is -0.492. The molecule has 130 valence electrons. The number of amides is 1. The fourth-order valence-corrected chi connectivity index (χ4v) is 3.51. The van der Waals surface area contributed by atoms with E-state index in [2.05, 4.69) is 4.37 Å². The van der Waals surface area contributed by atoms with Crippen molar-refractivity contribution in [3.05, 3.63) is 56.5 Å². The molecule has 2 N–H and O–H groups in total. The summed E-state index contributed by atoms with van der Waals surface area (Å²) in [7, 11) is 1.61. The van der Waals surface area contributed by atoms with Gasteiger partial charge in [-0.15, -0.1) is 0 Å². The highest BCUT2D eigenvalue weighted by molar-refractivity contribution is 7.13. The van der Waals surface area contributed by atoms with Crippen LogP contribution in [0.2, 0.25) is 0 Å². The summed E-state index contributed by atoms with van der Waals surface area (Å²) in [5.41, 5.74) is 5.27. The summed E-state index contributed by atoms with van der Waals surface area (Å²) in [5, 5.41) is 0.709. The van der Waals surface area contributed by atoms with Crippen molar-refractivity contribution in [3.63, 3.8) is 0 Å². The SMILES string of the molecule is Cc1cc(=O)n(-c2ccc3snc(C(C)(C)C(N)=O)c3c2)c(=O)n1C. The number of hydrogen-bond acceptors (Lipinski definition) is 5. The number of carbonyl (C=O) groups is 1. The number of nitrogens with two attached hydrogens (primary N) is 1. The highest BCUT2D eigenvalue weighted by atomic mass is 32.1. The minimum absolute atomic E-state index is 0.404. The summed E-state index contributed by atoms with van der Waals surface area (Å²) in [4.78, 5) is 36.6. The number of carbonyl (C=O) groups excluding carboxylic acids is 1. The summed E-state index contributed by atoms with van der Waals surface area (Å²) < 4.78 is 7.73. The number of aromatic nitrogens is 3. The molecule has 0 aliphatic rings. The number of hydrogen-bond donors (Lipinski definition) is 1. The Morgan fingerprint density at radius 3 is 2.56 bits per heavy atom. The molecule has 1 amide bonds. The van der Waals surface area contributed by atoms with Crippen LogP contribution >= 0.6 is 11.5 Å². The standard InChI is InChI=1S/C17H18N4O3S/c1-9-7-13(22)21(16(24)20(9)4)10-5-6-12-11(8-10)14(19-25-12)17(2,3)15(18)23/h5-8H,1-4H3,(H2,18,23). The minimum atomic E-state index is -0.958. The van der Waals surface area contributed by atoms with Crippen molar-refractivity contribution < 1.29 is 4.79 Å². The fraction of sp³-hybridized carbons (Fsp3) is 0.294. The molecule has 0 radical (unpaired) electrons. The molecule has 0 fully saturated rings. The van der Waals surface area contributed by atoms with Gasteiger partial charge in [0, 0.05) is 24.2 Å². The molecular formula is C17H18N4O3S. The first-order valence-electron chi connectivity index (χ1n) is 7.64. The third-order valence-corrected chi connectivity index (χ3v) is 5.31. The highest BCUT2D eigenvalue weighted by Crippen LogP contribution is 2.33. The van der Waals surface area contributed by atoms with Gasteiger partial charge in [0.15, 0.2) is 0 Å². The van der Waals surface area contributed by atoms with E-state index in [1.54, 1.807) is 46.0 Å². The maximum Gasteiger partial charge on any atom is 0.335 e. The molecule has 0 bridgehead atoms. The lowest BCUT2D eigenvalue weighted by Gasteiger charge is -2.18. The Hall–Kier alpha value is -2.74. The van der Waals surface area contributed by atoms with Crippen molar-refractivity contribution in [1.29, 1.82) is 0 Å². The molecule has 0 atom stereocenters. The number of fused-ring (bicyclic) bond motifs is 1. The molecule has 0 aliphatic carbocycles. The van der Waals surface area contributed by atoms with Gasteiger partial charge < -0.3 is 10.3 Å². The second-order valence-corrected chi connectivity index (χ2v) is 7.31. The van der Waals surface area contributed by atoms with Gasteiger partial charge in [0.2, 0.25) is 5.91 Å². The van der Waals surface area contributed by atoms with Gasteiger partial charge in [-0.25, -0.2) is 9.36 Å². The van der Waals surface area contributed by atoms with Crippen LogP contribution in [0.25, 0.3) is 15.8 Å². The van der Waals surface area contributed by atoms with Crippen LogP contribution in [0.15, 0.2) is 33.9 Å². The number of primary amides is 1. The Balaban J connectivity index is 2.32. The van der Waals surface area contributed by atoms with Crippen molar-refractivity contribution in [2.24, 2.45) is 12.8 Å². The molecule has 25 heavy (non-hydrogen) atoms. The number of nitrogens with zero attached hydrogens (tertiary/aromatic N) is 3. The lowest BCUT2D eigenvalue weighted by Crippen LogP contribution is -2.38. The Morgan fingerprint density at radius 1 is 1.24 bits per heavy atom. The Kier molecular flexibility index (Phi) is 3.87. The lowest BCUT2D eigenvalue weighted by molar-refractivity contribution is -0.122. The number of rotatable bonds is 3. The maximum absolute atomic E-state index is 12.5. The van der Waals surface area contributed by atoms with Gasteiger partial charge in [0.1, 0.15) is 0 Å². The van der Waals surface area contributed by atoms with Crippen molar-refractivity contribution >= 4 is 27.5 Å². The van der Waals surface area contributed by atoms with Gasteiger partial charge in [0.05, 0.1) is 21.5 Å². The van der Waals surface area contributed by atoms with E-state index < -0.39 is 22.6 Å². The third-order valence-electron chi connectivity index (χ3n) is 4.48. The zero-order valence-corrected chi connectivity index (χ0v) is 15.2. The quantitative estimate of drug-likeness (QED) is 0.761. The van der Waals surface area contributed by atoms with Gasteiger partial charge >= 0.3 is 5.69 Å². The third kappa shape index (κ3) is 2.58. The van der Waals surface area contributed by atoms with Crippen LogP contribution < -0.4 is 17.0 Å². The number of aryl methyl sites for hydroxylation is 1. The van der Waals surface area contributed by atoms with Crippen LogP contribution in [0.4, 0.5) is 0 Å². The second kappa shape index (κ2) is 5.66. The van der Waals surface area contributed by atoms with E-state index in [1.807, 2.05) is 0 Å². The summed E-state index contributed by atoms with van der Waals surface area (Å²) in [6.45, 7) is 5.10. The van der Waals surface area contributed by atoms with Crippen LogP contribution in [-0.4, -0.2) is 19.4 Å². The Morgan fingerprint density at radius 2 is 1.92 bits per heavy atom. The van der Waals surface area contributed by atoms with Crippen LogP contribution in [0.5, 0.6) is 0 Å². The normalized spacial score (nSPS) is 11.8. The van der Waals surface area contributed by atoms with E-state index >= 15 is 0 Å². The average Bonchev–Trinajstić information content (AvgIpc) is 2.96. The zero-order valence-electron chi connectivity index (χ0n) is 14.4. The predicted octanol–water partition coefficient (Wildman–Crippen LogP) is 1.22. The van der Waals surface area contributed by atoms with Gasteiger partial charge in [-0.1, -0.05) is 0 Å². The van der Waals surface area contributed by atoms with Crippen LogP contribution in [0, 0.1) is 6.92 Å². The summed E-state index contributed by atoms with van der Waals surface area (Å²) >= 11 is 1.25. The molecule has 0 unspecified atom stereocenters. The molecule has 2 heterocycles. The lowest BCUT2D eigenvalue weighted by atomic mass is 9.86. The van der Waals surface area contributed by atoms with E-state index in [0.717, 1.165) is 9.27 Å². The van der Waals surface area contributed by atoms with E-state index in [1.165, 1.54) is 22.2 Å². The molecule has 3 rings (SSSR count). The predicted molar refractivity (Wildman–Crippen MR) is 97.4 cm³/mol. The first kappa shape index (κ1) is 17.1. The van der Waals surface area contributed by atoms with Crippen LogP contribution in [0.1, 0.15) is 25.2 Å². The molecule has 3 aromatic rings. The minimum Gasteiger partial charge on any atom is -0.369 e. The molecule has 0 saturated carbocycles. The molecule has 8 heteroatoms. The monoisotopic (exact) mass is 358 g/mol. The first-order chi connectivity index (χ1) is 11.6. The summed E-state index contributed by atoms with van der Waals surface area (Å²) in [6.07, 6.45) is 0. The summed E-state index contributed by atoms with van der Waals surface area (Å²) in [6, 6.07) is 6.59. The van der Waals surface area contributed by atoms with Crippen molar-refractivity contribution in [2.75, 3.05) is 0 Å². The topological polar surface area (TPSA) is 100.0 Å².